The quantitative estimate of drug-likeness (QED) is 0.740. The lowest BCUT2D eigenvalue weighted by Crippen LogP contribution is -2.28. The number of sulfone groups is 1. The molecule has 6 heteroatoms. The molecule has 0 aromatic carbocycles. The van der Waals surface area contributed by atoms with Crippen molar-refractivity contribution >= 4 is 15.7 Å². The Morgan fingerprint density at radius 1 is 1.33 bits per heavy atom. The molecule has 0 unspecified atom stereocenters. The summed E-state index contributed by atoms with van der Waals surface area (Å²) in [6.07, 6.45) is 2.34. The van der Waals surface area contributed by atoms with Gasteiger partial charge in [0.15, 0.2) is 0 Å². The molecule has 1 aromatic heterocycles. The summed E-state index contributed by atoms with van der Waals surface area (Å²) in [5.41, 5.74) is 3.28. The van der Waals surface area contributed by atoms with Crippen LogP contribution in [0.15, 0.2) is 6.07 Å². The zero-order valence-electron chi connectivity index (χ0n) is 13.7. The fourth-order valence-corrected chi connectivity index (χ4v) is 2.78. The molecule has 0 aliphatic rings. The van der Waals surface area contributed by atoms with E-state index in [-0.39, 0.29) is 5.75 Å². The molecular weight excluding hydrogens is 286 g/mol. The third kappa shape index (κ3) is 6.01. The molecule has 1 rings (SSSR count). The third-order valence-electron chi connectivity index (χ3n) is 3.34. The summed E-state index contributed by atoms with van der Waals surface area (Å²) in [5.74, 6) is 1.01. The molecule has 1 N–H and O–H groups in total. The fraction of sp³-hybridized carbons (Fsp3) is 0.667. The summed E-state index contributed by atoms with van der Waals surface area (Å²) in [5, 5.41) is 3.39. The monoisotopic (exact) mass is 313 g/mol. The summed E-state index contributed by atoms with van der Waals surface area (Å²) >= 11 is 0. The van der Waals surface area contributed by atoms with Gasteiger partial charge in [-0.3, -0.25) is 0 Å². The molecule has 0 aliphatic heterocycles. The van der Waals surface area contributed by atoms with Crippen LogP contribution in [-0.2, 0) is 16.4 Å². The lowest BCUT2D eigenvalue weighted by Gasteiger charge is -2.23. The van der Waals surface area contributed by atoms with E-state index in [0.717, 1.165) is 36.6 Å². The first-order valence-corrected chi connectivity index (χ1v) is 9.37. The van der Waals surface area contributed by atoms with Gasteiger partial charge in [0, 0.05) is 37.7 Å². The second-order valence-electron chi connectivity index (χ2n) is 5.61. The van der Waals surface area contributed by atoms with Crippen molar-refractivity contribution in [2.45, 2.75) is 33.7 Å². The van der Waals surface area contributed by atoms with Crippen LogP contribution in [-0.4, -0.2) is 45.5 Å². The maximum absolute atomic E-state index is 11.3. The van der Waals surface area contributed by atoms with Gasteiger partial charge in [0.1, 0.15) is 15.7 Å². The van der Waals surface area contributed by atoms with Crippen LogP contribution in [0.3, 0.4) is 0 Å². The van der Waals surface area contributed by atoms with Crippen LogP contribution >= 0.6 is 0 Å². The van der Waals surface area contributed by atoms with Crippen molar-refractivity contribution in [1.82, 2.24) is 10.3 Å². The number of rotatable bonds is 8. The van der Waals surface area contributed by atoms with E-state index in [4.69, 9.17) is 0 Å². The van der Waals surface area contributed by atoms with Crippen LogP contribution in [0, 0.1) is 13.8 Å². The summed E-state index contributed by atoms with van der Waals surface area (Å²) in [4.78, 5) is 6.54. The van der Waals surface area contributed by atoms with Crippen molar-refractivity contribution in [3.05, 3.63) is 22.9 Å². The van der Waals surface area contributed by atoms with Crippen molar-refractivity contribution in [2.24, 2.45) is 0 Å². The smallest absolute Gasteiger partial charge is 0.149 e. The number of nitrogens with one attached hydrogen (secondary N) is 1. The van der Waals surface area contributed by atoms with Crippen molar-refractivity contribution in [2.75, 3.05) is 37.0 Å². The van der Waals surface area contributed by atoms with Crippen LogP contribution in [0.1, 0.15) is 30.2 Å². The van der Waals surface area contributed by atoms with E-state index in [0.29, 0.717) is 6.54 Å². The van der Waals surface area contributed by atoms with Crippen molar-refractivity contribution in [3.63, 3.8) is 0 Å². The Morgan fingerprint density at radius 3 is 2.57 bits per heavy atom. The summed E-state index contributed by atoms with van der Waals surface area (Å²) in [7, 11) is -1.07. The van der Waals surface area contributed by atoms with Crippen LogP contribution in [0.4, 0.5) is 5.82 Å². The van der Waals surface area contributed by atoms with Gasteiger partial charge in [0.05, 0.1) is 5.75 Å². The second-order valence-corrected chi connectivity index (χ2v) is 7.87. The van der Waals surface area contributed by atoms with Gasteiger partial charge in [-0.15, -0.1) is 0 Å². The van der Waals surface area contributed by atoms with Crippen molar-refractivity contribution < 1.29 is 8.42 Å². The standard InChI is InChI=1S/C15H27N3O2S/c1-6-7-16-11-14-12(2)10-13(3)17-15(14)18(4)8-9-21(5,19)20/h10,16H,6-9,11H2,1-5H3. The largest absolute Gasteiger partial charge is 0.358 e. The van der Waals surface area contributed by atoms with Crippen molar-refractivity contribution in [3.8, 4) is 0 Å². The highest BCUT2D eigenvalue weighted by molar-refractivity contribution is 7.90. The van der Waals surface area contributed by atoms with Gasteiger partial charge in [-0.1, -0.05) is 6.92 Å². The second kappa shape index (κ2) is 7.75. The third-order valence-corrected chi connectivity index (χ3v) is 4.27. The molecule has 0 saturated heterocycles. The Bertz CT molecular complexity index is 571. The molecule has 0 spiro atoms. The van der Waals surface area contributed by atoms with Gasteiger partial charge < -0.3 is 10.2 Å². The number of nitrogens with zero attached hydrogens (tertiary/aromatic N) is 2. The summed E-state index contributed by atoms with van der Waals surface area (Å²) in [6.45, 7) is 8.34. The molecule has 5 nitrogen and oxygen atoms in total. The Kier molecular flexibility index (Phi) is 6.61. The molecule has 0 fully saturated rings. The first-order valence-electron chi connectivity index (χ1n) is 7.31. The first-order chi connectivity index (χ1) is 9.74. The minimum Gasteiger partial charge on any atom is -0.358 e. The maximum Gasteiger partial charge on any atom is 0.149 e. The van der Waals surface area contributed by atoms with Crippen LogP contribution in [0.25, 0.3) is 0 Å². The van der Waals surface area contributed by atoms with E-state index in [9.17, 15) is 8.42 Å². The van der Waals surface area contributed by atoms with E-state index >= 15 is 0 Å². The molecule has 1 heterocycles. The predicted octanol–water partition coefficient (Wildman–Crippen LogP) is 1.68. The first kappa shape index (κ1) is 17.9. The average Bonchev–Trinajstić information content (AvgIpc) is 2.37. The molecule has 0 aliphatic carbocycles. The van der Waals surface area contributed by atoms with Gasteiger partial charge in [-0.2, -0.15) is 0 Å². The highest BCUT2D eigenvalue weighted by Gasteiger charge is 2.14. The van der Waals surface area contributed by atoms with E-state index in [1.54, 1.807) is 0 Å². The molecule has 120 valence electrons. The summed E-state index contributed by atoms with van der Waals surface area (Å²) in [6, 6.07) is 2.07. The number of anilines is 1. The van der Waals surface area contributed by atoms with Crippen LogP contribution in [0.5, 0.6) is 0 Å². The van der Waals surface area contributed by atoms with E-state index in [1.807, 2.05) is 18.9 Å². The molecule has 0 bridgehead atoms. The van der Waals surface area contributed by atoms with E-state index < -0.39 is 9.84 Å². The zero-order chi connectivity index (χ0) is 16.0. The Labute approximate surface area is 128 Å². The van der Waals surface area contributed by atoms with Crippen LogP contribution in [0.2, 0.25) is 0 Å². The molecule has 21 heavy (non-hydrogen) atoms. The number of aryl methyl sites for hydroxylation is 2. The lowest BCUT2D eigenvalue weighted by atomic mass is 10.1. The molecule has 0 amide bonds. The number of hydrogen-bond acceptors (Lipinski definition) is 5. The Hall–Kier alpha value is -1.14. The van der Waals surface area contributed by atoms with Gasteiger partial charge in [-0.05, 0) is 38.4 Å². The molecule has 0 radical (unpaired) electrons. The van der Waals surface area contributed by atoms with Gasteiger partial charge in [0.25, 0.3) is 0 Å². The van der Waals surface area contributed by atoms with Gasteiger partial charge >= 0.3 is 0 Å². The molecule has 0 saturated carbocycles. The van der Waals surface area contributed by atoms with Crippen LogP contribution < -0.4 is 10.2 Å². The minimum absolute atomic E-state index is 0.139. The SMILES string of the molecule is CCCNCc1c(C)cc(C)nc1N(C)CCS(C)(=O)=O. The molecule has 0 atom stereocenters. The van der Waals surface area contributed by atoms with Gasteiger partial charge in [0.2, 0.25) is 0 Å². The van der Waals surface area contributed by atoms with E-state index in [2.05, 4.69) is 30.2 Å². The topological polar surface area (TPSA) is 62.3 Å². The fourth-order valence-electron chi connectivity index (χ4n) is 2.18. The summed E-state index contributed by atoms with van der Waals surface area (Å²) < 4.78 is 22.7. The number of pyridine rings is 1. The molecular formula is C15H27N3O2S. The zero-order valence-corrected chi connectivity index (χ0v) is 14.5. The molecule has 1 aromatic rings. The highest BCUT2D eigenvalue weighted by Crippen LogP contribution is 2.21. The Balaban J connectivity index is 2.96. The number of hydrogen-bond donors (Lipinski definition) is 1. The van der Waals surface area contributed by atoms with Gasteiger partial charge in [-0.25, -0.2) is 13.4 Å². The minimum atomic E-state index is -2.97. The lowest BCUT2D eigenvalue weighted by molar-refractivity contribution is 0.600. The highest BCUT2D eigenvalue weighted by atomic mass is 32.2. The normalized spacial score (nSPS) is 11.7. The van der Waals surface area contributed by atoms with Crippen molar-refractivity contribution in [1.29, 1.82) is 0 Å². The number of aromatic nitrogens is 1. The Morgan fingerprint density at radius 2 is 2.00 bits per heavy atom. The predicted molar refractivity (Wildman–Crippen MR) is 88.7 cm³/mol. The van der Waals surface area contributed by atoms with E-state index in [1.165, 1.54) is 11.8 Å². The maximum atomic E-state index is 11.3. The average molecular weight is 313 g/mol.